The molecule has 0 saturated carbocycles. The fraction of sp³-hybridized carbons (Fsp3) is 0.400. The average Bonchev–Trinajstić information content (AvgIpc) is 2.95. The van der Waals surface area contributed by atoms with Crippen molar-refractivity contribution in [2.45, 2.75) is 27.2 Å². The van der Waals surface area contributed by atoms with E-state index in [1.165, 1.54) is 6.92 Å². The molecule has 0 amide bonds. The fourth-order valence-corrected chi connectivity index (χ4v) is 2.22. The minimum absolute atomic E-state index is 0.0747. The van der Waals surface area contributed by atoms with E-state index in [-0.39, 0.29) is 12.4 Å². The van der Waals surface area contributed by atoms with Crippen LogP contribution in [0.5, 0.6) is 0 Å². The van der Waals surface area contributed by atoms with Gasteiger partial charge in [0.1, 0.15) is 5.69 Å². The summed E-state index contributed by atoms with van der Waals surface area (Å²) in [5.74, 6) is -0.502. The van der Waals surface area contributed by atoms with Crippen LogP contribution in [-0.4, -0.2) is 33.1 Å². The molecule has 0 saturated heterocycles. The fourth-order valence-electron chi connectivity index (χ4n) is 2.22. The van der Waals surface area contributed by atoms with Gasteiger partial charge in [-0.2, -0.15) is 5.10 Å². The second-order valence-corrected chi connectivity index (χ2v) is 5.08. The molecule has 2 aromatic heterocycles. The van der Waals surface area contributed by atoms with E-state index in [1.54, 1.807) is 23.9 Å². The van der Waals surface area contributed by atoms with Crippen molar-refractivity contribution in [2.24, 2.45) is 7.05 Å². The van der Waals surface area contributed by atoms with E-state index in [9.17, 15) is 9.59 Å². The number of aryl methyl sites for hydroxylation is 3. The van der Waals surface area contributed by atoms with Crippen molar-refractivity contribution in [1.29, 1.82) is 0 Å². The number of hydrogen-bond donors (Lipinski definition) is 1. The Balaban J connectivity index is 1.98. The van der Waals surface area contributed by atoms with Gasteiger partial charge in [0, 0.05) is 30.9 Å². The van der Waals surface area contributed by atoms with Crippen LogP contribution in [0.4, 0.5) is 0 Å². The van der Waals surface area contributed by atoms with E-state index in [0.29, 0.717) is 17.7 Å². The predicted octanol–water partition coefficient (Wildman–Crippen LogP) is 1.97. The lowest BCUT2D eigenvalue weighted by molar-refractivity contribution is 0.0498. The third-order valence-electron chi connectivity index (χ3n) is 3.49. The summed E-state index contributed by atoms with van der Waals surface area (Å²) >= 11 is 0. The number of Topliss-reactive ketones (excluding diaryl/α,β-unsaturated/α-hetero) is 1. The normalized spacial score (nSPS) is 10.7. The first kappa shape index (κ1) is 15.0. The van der Waals surface area contributed by atoms with Crippen LogP contribution >= 0.6 is 0 Å². The number of aromatic amines is 1. The molecule has 2 aromatic rings. The molecule has 0 unspecified atom stereocenters. The van der Waals surface area contributed by atoms with E-state index in [2.05, 4.69) is 10.2 Å². The summed E-state index contributed by atoms with van der Waals surface area (Å²) in [6, 6.07) is 1.55. The van der Waals surface area contributed by atoms with Crippen molar-refractivity contribution in [3.63, 3.8) is 0 Å². The van der Waals surface area contributed by atoms with Crippen LogP contribution in [0.15, 0.2) is 12.3 Å². The first-order valence-electron chi connectivity index (χ1n) is 6.75. The minimum atomic E-state index is -0.427. The molecule has 2 heterocycles. The number of carbonyl (C=O) groups excluding carboxylic acids is 2. The molecule has 6 heteroatoms. The molecule has 1 N–H and O–H groups in total. The number of esters is 1. The molecule has 0 fully saturated rings. The quantitative estimate of drug-likeness (QED) is 0.674. The van der Waals surface area contributed by atoms with Gasteiger partial charge in [-0.25, -0.2) is 4.79 Å². The lowest BCUT2D eigenvalue weighted by Gasteiger charge is -2.05. The largest absolute Gasteiger partial charge is 0.461 e. The highest BCUT2D eigenvalue weighted by Gasteiger charge is 2.15. The van der Waals surface area contributed by atoms with Crippen LogP contribution in [-0.2, 0) is 18.2 Å². The van der Waals surface area contributed by atoms with Crippen molar-refractivity contribution in [1.82, 2.24) is 14.8 Å². The number of nitrogens with zero attached hydrogens (tertiary/aromatic N) is 2. The summed E-state index contributed by atoms with van der Waals surface area (Å²) in [5.41, 5.74) is 3.86. The number of rotatable bonds is 5. The Morgan fingerprint density at radius 1 is 1.38 bits per heavy atom. The topological polar surface area (TPSA) is 77.0 Å². The number of nitrogens with one attached hydrogen (secondary N) is 1. The molecule has 21 heavy (non-hydrogen) atoms. The minimum Gasteiger partial charge on any atom is -0.461 e. The maximum absolute atomic E-state index is 12.0. The first-order chi connectivity index (χ1) is 9.90. The van der Waals surface area contributed by atoms with E-state index in [0.717, 1.165) is 17.0 Å². The van der Waals surface area contributed by atoms with Gasteiger partial charge in [0.15, 0.2) is 5.78 Å². The maximum Gasteiger partial charge on any atom is 0.354 e. The Labute approximate surface area is 123 Å². The highest BCUT2D eigenvalue weighted by atomic mass is 16.5. The molecule has 0 aromatic carbocycles. The lowest BCUT2D eigenvalue weighted by atomic mass is 10.1. The Morgan fingerprint density at radius 2 is 2.10 bits per heavy atom. The second kappa shape index (κ2) is 5.95. The Hall–Kier alpha value is -2.37. The van der Waals surface area contributed by atoms with Crippen molar-refractivity contribution >= 4 is 11.8 Å². The van der Waals surface area contributed by atoms with Crippen molar-refractivity contribution in [3.05, 3.63) is 40.5 Å². The standard InChI is InChI=1S/C15H19N3O3/c1-9-13(10(2)17-16-9)5-6-21-15(20)14-7-12(11(3)19)8-18(14)4/h7-8H,5-6H2,1-4H3,(H,16,17). The van der Waals surface area contributed by atoms with Gasteiger partial charge in [-0.15, -0.1) is 0 Å². The molecule has 0 aliphatic rings. The zero-order valence-electron chi connectivity index (χ0n) is 12.7. The first-order valence-corrected chi connectivity index (χ1v) is 6.75. The Morgan fingerprint density at radius 3 is 2.62 bits per heavy atom. The summed E-state index contributed by atoms with van der Waals surface area (Å²) in [4.78, 5) is 23.3. The van der Waals surface area contributed by atoms with E-state index in [1.807, 2.05) is 13.8 Å². The van der Waals surface area contributed by atoms with Gasteiger partial charge in [-0.05, 0) is 32.4 Å². The van der Waals surface area contributed by atoms with Gasteiger partial charge in [0.2, 0.25) is 0 Å². The summed E-state index contributed by atoms with van der Waals surface area (Å²) < 4.78 is 6.88. The number of aromatic nitrogens is 3. The summed E-state index contributed by atoms with van der Waals surface area (Å²) in [5, 5.41) is 7.00. The van der Waals surface area contributed by atoms with Crippen molar-refractivity contribution in [3.8, 4) is 0 Å². The smallest absolute Gasteiger partial charge is 0.354 e. The third-order valence-corrected chi connectivity index (χ3v) is 3.49. The highest BCUT2D eigenvalue weighted by molar-refractivity contribution is 5.97. The lowest BCUT2D eigenvalue weighted by Crippen LogP contribution is -2.12. The SMILES string of the molecule is CC(=O)c1cc(C(=O)OCCc2c(C)n[nH]c2C)n(C)c1. The van der Waals surface area contributed by atoms with Gasteiger partial charge in [0.25, 0.3) is 0 Å². The van der Waals surface area contributed by atoms with Crippen molar-refractivity contribution < 1.29 is 14.3 Å². The zero-order valence-corrected chi connectivity index (χ0v) is 12.7. The summed E-state index contributed by atoms with van der Waals surface area (Å²) in [6.07, 6.45) is 2.24. The molecule has 0 radical (unpaired) electrons. The maximum atomic E-state index is 12.0. The molecular formula is C15H19N3O3. The molecular weight excluding hydrogens is 270 g/mol. The highest BCUT2D eigenvalue weighted by Crippen LogP contribution is 2.12. The number of ketones is 1. The van der Waals surface area contributed by atoms with Gasteiger partial charge >= 0.3 is 5.97 Å². The number of ether oxygens (including phenoxy) is 1. The number of hydrogen-bond acceptors (Lipinski definition) is 4. The number of carbonyl (C=O) groups is 2. The van der Waals surface area contributed by atoms with E-state index < -0.39 is 5.97 Å². The second-order valence-electron chi connectivity index (χ2n) is 5.08. The van der Waals surface area contributed by atoms with Gasteiger partial charge in [-0.3, -0.25) is 9.89 Å². The van der Waals surface area contributed by atoms with Crippen LogP contribution in [0.3, 0.4) is 0 Å². The molecule has 0 spiro atoms. The monoisotopic (exact) mass is 289 g/mol. The Bertz CT molecular complexity index is 663. The van der Waals surface area contributed by atoms with E-state index >= 15 is 0 Å². The zero-order chi connectivity index (χ0) is 15.6. The summed E-state index contributed by atoms with van der Waals surface area (Å²) in [6.45, 7) is 5.60. The van der Waals surface area contributed by atoms with Crippen LogP contribution in [0.2, 0.25) is 0 Å². The molecule has 112 valence electrons. The predicted molar refractivity (Wildman–Crippen MR) is 77.5 cm³/mol. The molecule has 2 rings (SSSR count). The molecule has 0 bridgehead atoms. The average molecular weight is 289 g/mol. The summed E-state index contributed by atoms with van der Waals surface area (Å²) in [7, 11) is 1.72. The van der Waals surface area contributed by atoms with Gasteiger partial charge in [-0.1, -0.05) is 0 Å². The molecule has 0 aliphatic carbocycles. The van der Waals surface area contributed by atoms with E-state index in [4.69, 9.17) is 4.74 Å². The van der Waals surface area contributed by atoms with Crippen LogP contribution in [0.1, 0.15) is 44.7 Å². The molecule has 6 nitrogen and oxygen atoms in total. The molecule has 0 atom stereocenters. The molecule has 0 aliphatic heterocycles. The van der Waals surface area contributed by atoms with Crippen LogP contribution in [0.25, 0.3) is 0 Å². The van der Waals surface area contributed by atoms with Crippen LogP contribution in [0, 0.1) is 13.8 Å². The van der Waals surface area contributed by atoms with Crippen molar-refractivity contribution in [2.75, 3.05) is 6.61 Å². The van der Waals surface area contributed by atoms with Crippen LogP contribution < -0.4 is 0 Å². The van der Waals surface area contributed by atoms with Gasteiger partial charge < -0.3 is 9.30 Å². The third kappa shape index (κ3) is 3.21. The van der Waals surface area contributed by atoms with Gasteiger partial charge in [0.05, 0.1) is 12.3 Å². The number of H-pyrrole nitrogens is 1. The Kier molecular flexibility index (Phi) is 4.26.